The first-order valence-electron chi connectivity index (χ1n) is 7.60. The minimum absolute atomic E-state index is 0.0537. The summed E-state index contributed by atoms with van der Waals surface area (Å²) in [6.45, 7) is 3.78. The predicted octanol–water partition coefficient (Wildman–Crippen LogP) is 2.73. The molecule has 1 amide bonds. The predicted molar refractivity (Wildman–Crippen MR) is 90.1 cm³/mol. The first kappa shape index (κ1) is 16.2. The summed E-state index contributed by atoms with van der Waals surface area (Å²) < 4.78 is 0. The largest absolute Gasteiger partial charge is 0.393 e. The Morgan fingerprint density at radius 1 is 1.38 bits per heavy atom. The van der Waals surface area contributed by atoms with E-state index >= 15 is 0 Å². The summed E-state index contributed by atoms with van der Waals surface area (Å²) in [5.74, 6) is 1.57. The summed E-state index contributed by atoms with van der Waals surface area (Å²) in [5, 5.41) is 12.6. The van der Waals surface area contributed by atoms with Crippen molar-refractivity contribution in [2.24, 2.45) is 0 Å². The Morgan fingerprint density at radius 2 is 2.10 bits per heavy atom. The molecule has 1 aliphatic rings. The summed E-state index contributed by atoms with van der Waals surface area (Å²) in [4.78, 5) is 14.2. The zero-order valence-corrected chi connectivity index (χ0v) is 13.4. The van der Waals surface area contributed by atoms with Gasteiger partial charge >= 0.3 is 0 Å². The Bertz CT molecular complexity index is 459. The van der Waals surface area contributed by atoms with Crippen molar-refractivity contribution in [2.45, 2.75) is 32.3 Å². The molecule has 0 unspecified atom stereocenters. The van der Waals surface area contributed by atoms with Gasteiger partial charge in [0, 0.05) is 13.1 Å². The normalized spacial score (nSPS) is 16.0. The van der Waals surface area contributed by atoms with E-state index in [0.717, 1.165) is 49.5 Å². The van der Waals surface area contributed by atoms with Gasteiger partial charge in [-0.3, -0.25) is 4.79 Å². The standard InChI is InChI=1S/C16H24N2O2S/c1-2-11-21-12-16(20)17-14-5-3-4-6-15(14)18-9-7-13(19)8-10-18/h3-6,13,19H,2,7-12H2,1H3,(H,17,20). The first-order valence-corrected chi connectivity index (χ1v) is 8.75. The van der Waals surface area contributed by atoms with Gasteiger partial charge in [0.15, 0.2) is 0 Å². The quantitative estimate of drug-likeness (QED) is 0.794. The van der Waals surface area contributed by atoms with Gasteiger partial charge in [-0.2, -0.15) is 11.8 Å². The fourth-order valence-corrected chi connectivity index (χ4v) is 3.15. The second-order valence-corrected chi connectivity index (χ2v) is 6.44. The Morgan fingerprint density at radius 3 is 2.81 bits per heavy atom. The van der Waals surface area contributed by atoms with Crippen LogP contribution in [0.5, 0.6) is 0 Å². The number of amides is 1. The summed E-state index contributed by atoms with van der Waals surface area (Å²) in [7, 11) is 0. The number of hydrogen-bond donors (Lipinski definition) is 2. The van der Waals surface area contributed by atoms with E-state index in [1.807, 2.05) is 24.3 Å². The molecule has 0 saturated carbocycles. The zero-order chi connectivity index (χ0) is 15.1. The number of aliphatic hydroxyl groups is 1. The minimum Gasteiger partial charge on any atom is -0.393 e. The van der Waals surface area contributed by atoms with Crippen molar-refractivity contribution >= 4 is 29.0 Å². The minimum atomic E-state index is -0.187. The molecule has 21 heavy (non-hydrogen) atoms. The van der Waals surface area contributed by atoms with Gasteiger partial charge in [-0.15, -0.1) is 0 Å². The number of rotatable bonds is 6. The molecule has 2 N–H and O–H groups in total. The van der Waals surface area contributed by atoms with Crippen LogP contribution >= 0.6 is 11.8 Å². The second kappa shape index (κ2) is 8.29. The van der Waals surface area contributed by atoms with Crippen molar-refractivity contribution in [3.63, 3.8) is 0 Å². The van der Waals surface area contributed by atoms with Crippen molar-refractivity contribution in [1.29, 1.82) is 0 Å². The molecule has 0 spiro atoms. The molecule has 1 heterocycles. The highest BCUT2D eigenvalue weighted by atomic mass is 32.2. The fourth-order valence-electron chi connectivity index (χ4n) is 2.46. The van der Waals surface area contributed by atoms with E-state index in [9.17, 15) is 9.90 Å². The van der Waals surface area contributed by atoms with E-state index in [0.29, 0.717) is 5.75 Å². The number of nitrogens with one attached hydrogen (secondary N) is 1. The number of nitrogens with zero attached hydrogens (tertiary/aromatic N) is 1. The molecule has 116 valence electrons. The molecule has 1 aromatic carbocycles. The van der Waals surface area contributed by atoms with Crippen molar-refractivity contribution in [1.82, 2.24) is 0 Å². The van der Waals surface area contributed by atoms with E-state index in [4.69, 9.17) is 0 Å². The highest BCUT2D eigenvalue weighted by Crippen LogP contribution is 2.28. The summed E-state index contributed by atoms with van der Waals surface area (Å²) >= 11 is 1.66. The third kappa shape index (κ3) is 4.93. The topological polar surface area (TPSA) is 52.6 Å². The lowest BCUT2D eigenvalue weighted by Crippen LogP contribution is -2.36. The Kier molecular flexibility index (Phi) is 6.39. The lowest BCUT2D eigenvalue weighted by molar-refractivity contribution is -0.113. The van der Waals surface area contributed by atoms with Crippen LogP contribution in [0.2, 0.25) is 0 Å². The molecule has 1 fully saturated rings. The number of thioether (sulfide) groups is 1. The van der Waals surface area contributed by atoms with Crippen molar-refractivity contribution < 1.29 is 9.90 Å². The van der Waals surface area contributed by atoms with Crippen LogP contribution in [-0.2, 0) is 4.79 Å². The van der Waals surface area contributed by atoms with Crippen LogP contribution in [0.25, 0.3) is 0 Å². The molecule has 5 heteroatoms. The van der Waals surface area contributed by atoms with Crippen molar-refractivity contribution in [3.05, 3.63) is 24.3 Å². The number of hydrogen-bond acceptors (Lipinski definition) is 4. The Balaban J connectivity index is 1.98. The molecule has 1 aliphatic heterocycles. The fraction of sp³-hybridized carbons (Fsp3) is 0.562. The van der Waals surface area contributed by atoms with E-state index in [1.165, 1.54) is 0 Å². The van der Waals surface area contributed by atoms with Gasteiger partial charge in [0.05, 0.1) is 23.2 Å². The van der Waals surface area contributed by atoms with Crippen molar-refractivity contribution in [2.75, 3.05) is 34.8 Å². The maximum absolute atomic E-state index is 12.0. The maximum atomic E-state index is 12.0. The van der Waals surface area contributed by atoms with Gasteiger partial charge in [0.2, 0.25) is 5.91 Å². The summed E-state index contributed by atoms with van der Waals surface area (Å²) in [6, 6.07) is 7.91. The van der Waals surface area contributed by atoms with Gasteiger partial charge in [0.1, 0.15) is 0 Å². The lowest BCUT2D eigenvalue weighted by atomic mass is 10.1. The van der Waals surface area contributed by atoms with Crippen LogP contribution in [0, 0.1) is 0 Å². The molecule has 0 atom stereocenters. The molecule has 4 nitrogen and oxygen atoms in total. The van der Waals surface area contributed by atoms with Crippen LogP contribution < -0.4 is 10.2 Å². The molecular formula is C16H24N2O2S. The molecule has 1 saturated heterocycles. The Hall–Kier alpha value is -1.20. The molecule has 0 bridgehead atoms. The maximum Gasteiger partial charge on any atom is 0.234 e. The third-order valence-electron chi connectivity index (χ3n) is 3.56. The van der Waals surface area contributed by atoms with Gasteiger partial charge in [-0.1, -0.05) is 19.1 Å². The van der Waals surface area contributed by atoms with Crippen LogP contribution in [0.3, 0.4) is 0 Å². The lowest BCUT2D eigenvalue weighted by Gasteiger charge is -2.32. The van der Waals surface area contributed by atoms with Crippen molar-refractivity contribution in [3.8, 4) is 0 Å². The van der Waals surface area contributed by atoms with E-state index < -0.39 is 0 Å². The average Bonchev–Trinajstić information content (AvgIpc) is 2.49. The molecule has 0 aromatic heterocycles. The molecule has 1 aromatic rings. The average molecular weight is 308 g/mol. The van der Waals surface area contributed by atoms with Crippen LogP contribution in [0.15, 0.2) is 24.3 Å². The van der Waals surface area contributed by atoms with Gasteiger partial charge in [-0.25, -0.2) is 0 Å². The highest BCUT2D eigenvalue weighted by Gasteiger charge is 2.19. The van der Waals surface area contributed by atoms with Gasteiger partial charge < -0.3 is 15.3 Å². The summed E-state index contributed by atoms with van der Waals surface area (Å²) in [5.41, 5.74) is 1.93. The number of piperidine rings is 1. The van der Waals surface area contributed by atoms with Crippen LogP contribution in [0.1, 0.15) is 26.2 Å². The van der Waals surface area contributed by atoms with E-state index in [1.54, 1.807) is 11.8 Å². The summed E-state index contributed by atoms with van der Waals surface area (Å²) in [6.07, 6.45) is 2.47. The smallest absolute Gasteiger partial charge is 0.234 e. The van der Waals surface area contributed by atoms with E-state index in [2.05, 4.69) is 17.1 Å². The molecule has 0 aliphatic carbocycles. The third-order valence-corrected chi connectivity index (χ3v) is 4.73. The second-order valence-electron chi connectivity index (χ2n) is 5.34. The SMILES string of the molecule is CCCSCC(=O)Nc1ccccc1N1CCC(O)CC1. The molecular weight excluding hydrogens is 284 g/mol. The number of para-hydroxylation sites is 2. The first-order chi connectivity index (χ1) is 10.2. The van der Waals surface area contributed by atoms with Crippen LogP contribution in [-0.4, -0.2) is 41.7 Å². The zero-order valence-electron chi connectivity index (χ0n) is 12.5. The highest BCUT2D eigenvalue weighted by molar-refractivity contribution is 7.99. The molecule has 2 rings (SSSR count). The number of carbonyl (C=O) groups is 1. The van der Waals surface area contributed by atoms with Gasteiger partial charge in [-0.05, 0) is 37.1 Å². The number of aliphatic hydroxyl groups excluding tert-OH is 1. The number of anilines is 2. The number of carbonyl (C=O) groups excluding carboxylic acids is 1. The monoisotopic (exact) mass is 308 g/mol. The van der Waals surface area contributed by atoms with E-state index in [-0.39, 0.29) is 12.0 Å². The van der Waals surface area contributed by atoms with Gasteiger partial charge in [0.25, 0.3) is 0 Å². The molecule has 0 radical (unpaired) electrons. The Labute approximate surface area is 130 Å². The number of benzene rings is 1. The van der Waals surface area contributed by atoms with Crippen LogP contribution in [0.4, 0.5) is 11.4 Å².